The Morgan fingerprint density at radius 3 is 2.42 bits per heavy atom. The second-order valence-electron chi connectivity index (χ2n) is 2.77. The summed E-state index contributed by atoms with van der Waals surface area (Å²) in [6, 6.07) is 4.06. The highest BCUT2D eigenvalue weighted by molar-refractivity contribution is 9.09. The molecule has 1 aromatic heterocycles. The molecule has 1 aromatic rings. The number of alkyl halides is 1. The molecule has 1 nitrogen and oxygen atoms in total. The van der Waals surface area contributed by atoms with Crippen LogP contribution in [0.15, 0.2) is 30.1 Å². The lowest BCUT2D eigenvalue weighted by Gasteiger charge is -2.04. The lowest BCUT2D eigenvalue weighted by molar-refractivity contribution is 1.30. The Balaban J connectivity index is 3.00. The second-order valence-corrected chi connectivity index (χ2v) is 3.34. The number of rotatable bonds is 2. The van der Waals surface area contributed by atoms with Gasteiger partial charge in [0.25, 0.3) is 0 Å². The van der Waals surface area contributed by atoms with E-state index < -0.39 is 0 Å². The number of halogens is 1. The van der Waals surface area contributed by atoms with Crippen molar-refractivity contribution >= 4 is 21.5 Å². The van der Waals surface area contributed by atoms with Crippen LogP contribution in [0.25, 0.3) is 5.57 Å². The highest BCUT2D eigenvalue weighted by Crippen LogP contribution is 2.17. The molecule has 0 amide bonds. The third-order valence-corrected chi connectivity index (χ3v) is 2.80. The van der Waals surface area contributed by atoms with Crippen molar-refractivity contribution in [1.29, 1.82) is 0 Å². The summed E-state index contributed by atoms with van der Waals surface area (Å²) in [7, 11) is 0. The molecule has 0 fully saturated rings. The summed E-state index contributed by atoms with van der Waals surface area (Å²) < 4.78 is 0. The predicted octanol–water partition coefficient (Wildman–Crippen LogP) is 3.27. The van der Waals surface area contributed by atoms with Gasteiger partial charge >= 0.3 is 0 Å². The number of hydrogen-bond donors (Lipinski definition) is 0. The minimum Gasteiger partial charge on any atom is -0.265 e. The highest BCUT2D eigenvalue weighted by atomic mass is 79.9. The zero-order chi connectivity index (χ0) is 8.97. The fourth-order valence-electron chi connectivity index (χ4n) is 0.949. The number of nitrogens with zero attached hydrogens (tertiary/aromatic N) is 1. The standard InChI is InChI=1S/C10H12BrN/c1-8(7-11)9(2)10-3-5-12-6-4-10/h3-6H,7H2,1-2H3. The Bertz CT molecular complexity index is 277. The Kier molecular flexibility index (Phi) is 3.48. The van der Waals surface area contributed by atoms with E-state index in [1.165, 1.54) is 16.7 Å². The Hall–Kier alpha value is -0.630. The lowest BCUT2D eigenvalue weighted by atomic mass is 10.1. The molecule has 1 rings (SSSR count). The van der Waals surface area contributed by atoms with Crippen molar-refractivity contribution in [2.45, 2.75) is 13.8 Å². The molecule has 0 bridgehead atoms. The topological polar surface area (TPSA) is 12.9 Å². The van der Waals surface area contributed by atoms with E-state index in [0.29, 0.717) is 0 Å². The van der Waals surface area contributed by atoms with Crippen LogP contribution in [-0.4, -0.2) is 10.3 Å². The van der Waals surface area contributed by atoms with E-state index in [-0.39, 0.29) is 0 Å². The molecule has 2 heteroatoms. The van der Waals surface area contributed by atoms with Gasteiger partial charge in [-0.05, 0) is 37.1 Å². The molecule has 0 radical (unpaired) electrons. The Labute approximate surface area is 81.7 Å². The largest absolute Gasteiger partial charge is 0.265 e. The maximum absolute atomic E-state index is 3.98. The Morgan fingerprint density at radius 1 is 1.33 bits per heavy atom. The lowest BCUT2D eigenvalue weighted by Crippen LogP contribution is -1.86. The molecule has 0 aliphatic rings. The van der Waals surface area contributed by atoms with Gasteiger partial charge in [0, 0.05) is 17.7 Å². The van der Waals surface area contributed by atoms with Gasteiger partial charge in [-0.25, -0.2) is 0 Å². The maximum atomic E-state index is 3.98. The first-order valence-corrected chi connectivity index (χ1v) is 5.00. The van der Waals surface area contributed by atoms with Crippen LogP contribution in [0.4, 0.5) is 0 Å². The van der Waals surface area contributed by atoms with Crippen molar-refractivity contribution in [3.8, 4) is 0 Å². The average Bonchev–Trinajstić information content (AvgIpc) is 2.17. The van der Waals surface area contributed by atoms with E-state index in [2.05, 4.69) is 34.8 Å². The van der Waals surface area contributed by atoms with Gasteiger partial charge in [-0.15, -0.1) is 0 Å². The van der Waals surface area contributed by atoms with Gasteiger partial charge < -0.3 is 0 Å². The molecule has 0 aliphatic carbocycles. The van der Waals surface area contributed by atoms with Crippen molar-refractivity contribution < 1.29 is 0 Å². The van der Waals surface area contributed by atoms with Gasteiger partial charge in [-0.3, -0.25) is 4.98 Å². The highest BCUT2D eigenvalue weighted by Gasteiger charge is 1.97. The van der Waals surface area contributed by atoms with Crippen LogP contribution in [0, 0.1) is 0 Å². The van der Waals surface area contributed by atoms with Crippen LogP contribution in [0.3, 0.4) is 0 Å². The number of hydrogen-bond acceptors (Lipinski definition) is 1. The predicted molar refractivity (Wildman–Crippen MR) is 56.3 cm³/mol. The first-order valence-electron chi connectivity index (χ1n) is 3.88. The van der Waals surface area contributed by atoms with E-state index in [1.807, 2.05) is 24.5 Å². The van der Waals surface area contributed by atoms with E-state index in [9.17, 15) is 0 Å². The van der Waals surface area contributed by atoms with Crippen molar-refractivity contribution in [1.82, 2.24) is 4.98 Å². The smallest absolute Gasteiger partial charge is 0.0273 e. The molecule has 0 aliphatic heterocycles. The molecule has 0 spiro atoms. The first-order chi connectivity index (χ1) is 5.75. The van der Waals surface area contributed by atoms with Gasteiger partial charge in [0.1, 0.15) is 0 Å². The molecule has 0 aromatic carbocycles. The minimum absolute atomic E-state index is 0.932. The van der Waals surface area contributed by atoms with Gasteiger partial charge in [0.05, 0.1) is 0 Å². The fraction of sp³-hybridized carbons (Fsp3) is 0.300. The fourth-order valence-corrected chi connectivity index (χ4v) is 1.37. The molecule has 12 heavy (non-hydrogen) atoms. The van der Waals surface area contributed by atoms with Gasteiger partial charge in [-0.1, -0.05) is 21.5 Å². The number of allylic oxidation sites excluding steroid dienone is 2. The van der Waals surface area contributed by atoms with Crippen molar-refractivity contribution in [2.24, 2.45) is 0 Å². The molecule has 64 valence electrons. The van der Waals surface area contributed by atoms with Crippen molar-refractivity contribution in [3.05, 3.63) is 35.7 Å². The maximum Gasteiger partial charge on any atom is 0.0273 e. The second kappa shape index (κ2) is 4.41. The molecule has 0 saturated carbocycles. The van der Waals surface area contributed by atoms with Crippen LogP contribution >= 0.6 is 15.9 Å². The van der Waals surface area contributed by atoms with Crippen LogP contribution < -0.4 is 0 Å². The quantitative estimate of drug-likeness (QED) is 0.705. The molecular weight excluding hydrogens is 214 g/mol. The zero-order valence-electron chi connectivity index (χ0n) is 7.34. The molecular formula is C10H12BrN. The average molecular weight is 226 g/mol. The summed E-state index contributed by atoms with van der Waals surface area (Å²) >= 11 is 3.44. The minimum atomic E-state index is 0.932. The van der Waals surface area contributed by atoms with E-state index in [0.717, 1.165) is 5.33 Å². The third kappa shape index (κ3) is 2.18. The summed E-state index contributed by atoms with van der Waals surface area (Å²) in [5.74, 6) is 0. The monoisotopic (exact) mass is 225 g/mol. The molecule has 0 atom stereocenters. The first kappa shape index (κ1) is 9.46. The summed E-state index contributed by atoms with van der Waals surface area (Å²) in [6.45, 7) is 4.26. The Morgan fingerprint density at radius 2 is 1.92 bits per heavy atom. The molecule has 1 heterocycles. The molecule has 0 N–H and O–H groups in total. The SMILES string of the molecule is CC(CBr)=C(C)c1ccncc1. The summed E-state index contributed by atoms with van der Waals surface area (Å²) in [6.07, 6.45) is 3.64. The summed E-state index contributed by atoms with van der Waals surface area (Å²) in [4.78, 5) is 3.98. The van der Waals surface area contributed by atoms with Crippen LogP contribution in [0.1, 0.15) is 19.4 Å². The van der Waals surface area contributed by atoms with Crippen LogP contribution in [-0.2, 0) is 0 Å². The zero-order valence-corrected chi connectivity index (χ0v) is 8.93. The van der Waals surface area contributed by atoms with E-state index >= 15 is 0 Å². The molecule has 0 saturated heterocycles. The van der Waals surface area contributed by atoms with Crippen LogP contribution in [0.5, 0.6) is 0 Å². The van der Waals surface area contributed by atoms with E-state index in [1.54, 1.807) is 0 Å². The van der Waals surface area contributed by atoms with Gasteiger partial charge in [0.15, 0.2) is 0 Å². The third-order valence-electron chi connectivity index (χ3n) is 1.95. The van der Waals surface area contributed by atoms with E-state index in [4.69, 9.17) is 0 Å². The normalized spacial score (nSPS) is 12.6. The van der Waals surface area contributed by atoms with Gasteiger partial charge in [0.2, 0.25) is 0 Å². The van der Waals surface area contributed by atoms with Gasteiger partial charge in [-0.2, -0.15) is 0 Å². The number of pyridine rings is 1. The van der Waals surface area contributed by atoms with Crippen molar-refractivity contribution in [3.63, 3.8) is 0 Å². The molecule has 0 unspecified atom stereocenters. The summed E-state index contributed by atoms with van der Waals surface area (Å²) in [5.41, 5.74) is 3.94. The van der Waals surface area contributed by atoms with Crippen molar-refractivity contribution in [2.75, 3.05) is 5.33 Å². The summed E-state index contributed by atoms with van der Waals surface area (Å²) in [5, 5.41) is 0.932. The number of aromatic nitrogens is 1. The van der Waals surface area contributed by atoms with Crippen LogP contribution in [0.2, 0.25) is 0 Å².